The van der Waals surface area contributed by atoms with Gasteiger partial charge in [0.2, 0.25) is 0 Å². The van der Waals surface area contributed by atoms with Crippen LogP contribution in [-0.4, -0.2) is 18.1 Å². The number of nitrogens with zero attached hydrogens (tertiary/aromatic N) is 1. The minimum absolute atomic E-state index is 0.513. The molecule has 4 aliphatic rings. The maximum absolute atomic E-state index is 4.62. The molecule has 2 unspecified atom stereocenters. The van der Waals surface area contributed by atoms with Gasteiger partial charge in [0.05, 0.1) is 0 Å². The van der Waals surface area contributed by atoms with E-state index in [1.54, 1.807) is 6.42 Å². The van der Waals surface area contributed by atoms with Crippen LogP contribution in [-0.2, 0) is 0 Å². The third-order valence-electron chi connectivity index (χ3n) is 6.74. The van der Waals surface area contributed by atoms with Crippen LogP contribution in [0.15, 0.2) is 24.4 Å². The zero-order chi connectivity index (χ0) is 14.4. The van der Waals surface area contributed by atoms with Crippen molar-refractivity contribution in [3.63, 3.8) is 0 Å². The summed E-state index contributed by atoms with van der Waals surface area (Å²) < 4.78 is 0. The SMILES string of the molecule is CNC(C(C)c1ccccn1)C1C2CC3CC(C2)CC1C3. The molecule has 4 fully saturated rings. The molecule has 1 aromatic heterocycles. The molecular weight excluding hydrogens is 256 g/mol. The molecule has 0 spiro atoms. The summed E-state index contributed by atoms with van der Waals surface area (Å²) in [6, 6.07) is 6.94. The van der Waals surface area contributed by atoms with Gasteiger partial charge in [-0.15, -0.1) is 0 Å². The van der Waals surface area contributed by atoms with Gasteiger partial charge in [-0.2, -0.15) is 0 Å². The second-order valence-electron chi connectivity index (χ2n) is 7.87. The molecule has 21 heavy (non-hydrogen) atoms. The zero-order valence-electron chi connectivity index (χ0n) is 13.3. The highest BCUT2D eigenvalue weighted by Gasteiger charge is 2.51. The topological polar surface area (TPSA) is 24.9 Å². The first-order valence-electron chi connectivity index (χ1n) is 8.84. The van der Waals surface area contributed by atoms with Crippen LogP contribution in [0.2, 0.25) is 0 Å². The number of aromatic nitrogens is 1. The third-order valence-corrected chi connectivity index (χ3v) is 6.74. The molecule has 0 aromatic carbocycles. The Balaban J connectivity index is 1.58. The summed E-state index contributed by atoms with van der Waals surface area (Å²) in [5, 5.41) is 3.69. The van der Waals surface area contributed by atoms with Gasteiger partial charge in [-0.3, -0.25) is 4.98 Å². The van der Waals surface area contributed by atoms with Crippen molar-refractivity contribution < 1.29 is 0 Å². The van der Waals surface area contributed by atoms with E-state index in [4.69, 9.17) is 0 Å². The Morgan fingerprint density at radius 1 is 1.05 bits per heavy atom. The van der Waals surface area contributed by atoms with E-state index in [0.717, 1.165) is 29.6 Å². The lowest BCUT2D eigenvalue weighted by Gasteiger charge is -2.57. The van der Waals surface area contributed by atoms with Crippen molar-refractivity contribution in [2.45, 2.75) is 51.0 Å². The van der Waals surface area contributed by atoms with Crippen molar-refractivity contribution in [3.05, 3.63) is 30.1 Å². The molecule has 1 N–H and O–H groups in total. The average molecular weight is 284 g/mol. The molecule has 4 aliphatic carbocycles. The predicted molar refractivity (Wildman–Crippen MR) is 86.0 cm³/mol. The first-order valence-corrected chi connectivity index (χ1v) is 8.84. The van der Waals surface area contributed by atoms with Crippen LogP contribution < -0.4 is 5.32 Å². The van der Waals surface area contributed by atoms with Crippen molar-refractivity contribution in [1.29, 1.82) is 0 Å². The van der Waals surface area contributed by atoms with Gasteiger partial charge in [-0.25, -0.2) is 0 Å². The smallest absolute Gasteiger partial charge is 0.0447 e. The van der Waals surface area contributed by atoms with E-state index in [1.165, 1.54) is 31.4 Å². The number of nitrogens with one attached hydrogen (secondary N) is 1. The molecule has 0 amide bonds. The molecule has 1 heterocycles. The minimum Gasteiger partial charge on any atom is -0.316 e. The van der Waals surface area contributed by atoms with Crippen molar-refractivity contribution >= 4 is 0 Å². The number of hydrogen-bond acceptors (Lipinski definition) is 2. The molecule has 2 nitrogen and oxygen atoms in total. The first kappa shape index (κ1) is 13.8. The van der Waals surface area contributed by atoms with Crippen molar-refractivity contribution in [3.8, 4) is 0 Å². The monoisotopic (exact) mass is 284 g/mol. The molecule has 2 heteroatoms. The summed E-state index contributed by atoms with van der Waals surface area (Å²) in [5.41, 5.74) is 1.26. The van der Waals surface area contributed by atoms with Gasteiger partial charge < -0.3 is 5.32 Å². The molecular formula is C19H28N2. The van der Waals surface area contributed by atoms with E-state index in [0.29, 0.717) is 12.0 Å². The standard InChI is InChI=1S/C19H28N2/c1-12(17-5-3-4-6-21-17)19(20-2)18-15-8-13-7-14(10-15)11-16(18)9-13/h3-6,12-16,18-20H,7-11H2,1-2H3. The van der Waals surface area contributed by atoms with Gasteiger partial charge in [-0.1, -0.05) is 13.0 Å². The Bertz CT molecular complexity index is 456. The normalized spacial score (nSPS) is 40.2. The second kappa shape index (κ2) is 5.39. The van der Waals surface area contributed by atoms with Crippen LogP contribution in [0.5, 0.6) is 0 Å². The lowest BCUT2D eigenvalue weighted by Crippen LogP contribution is -2.53. The highest BCUT2D eigenvalue weighted by molar-refractivity contribution is 5.14. The number of hydrogen-bond donors (Lipinski definition) is 1. The van der Waals surface area contributed by atoms with Crippen molar-refractivity contribution in [2.24, 2.45) is 29.6 Å². The van der Waals surface area contributed by atoms with Gasteiger partial charge >= 0.3 is 0 Å². The van der Waals surface area contributed by atoms with Gasteiger partial charge in [0.25, 0.3) is 0 Å². The maximum atomic E-state index is 4.62. The Morgan fingerprint density at radius 3 is 2.24 bits per heavy atom. The zero-order valence-corrected chi connectivity index (χ0v) is 13.3. The number of rotatable bonds is 4. The molecule has 4 bridgehead atoms. The highest BCUT2D eigenvalue weighted by Crippen LogP contribution is 2.58. The molecule has 0 radical (unpaired) electrons. The molecule has 2 atom stereocenters. The van der Waals surface area contributed by atoms with Gasteiger partial charge in [0.15, 0.2) is 0 Å². The van der Waals surface area contributed by atoms with E-state index >= 15 is 0 Å². The summed E-state index contributed by atoms with van der Waals surface area (Å²) in [5.74, 6) is 5.46. The Kier molecular flexibility index (Phi) is 3.53. The Morgan fingerprint density at radius 2 is 1.71 bits per heavy atom. The lowest BCUT2D eigenvalue weighted by molar-refractivity contribution is -0.0541. The van der Waals surface area contributed by atoms with E-state index < -0.39 is 0 Å². The highest BCUT2D eigenvalue weighted by atomic mass is 14.9. The first-order chi connectivity index (χ1) is 10.3. The summed E-state index contributed by atoms with van der Waals surface area (Å²) in [6.45, 7) is 2.37. The number of likely N-dealkylation sites (N-methyl/N-ethyl adjacent to an activating group) is 1. The lowest BCUT2D eigenvalue weighted by atomic mass is 9.49. The summed E-state index contributed by atoms with van der Waals surface area (Å²) >= 11 is 0. The predicted octanol–water partition coefficient (Wildman–Crippen LogP) is 3.85. The molecule has 114 valence electrons. The van der Waals surface area contributed by atoms with Crippen molar-refractivity contribution in [2.75, 3.05) is 7.05 Å². The third kappa shape index (κ3) is 2.32. The van der Waals surface area contributed by atoms with E-state index in [2.05, 4.69) is 36.4 Å². The molecule has 4 saturated carbocycles. The summed E-state index contributed by atoms with van der Waals surface area (Å²) in [4.78, 5) is 4.62. The molecule has 5 rings (SSSR count). The fourth-order valence-corrected chi connectivity index (χ4v) is 6.16. The second-order valence-corrected chi connectivity index (χ2v) is 7.87. The van der Waals surface area contributed by atoms with Gasteiger partial charge in [0.1, 0.15) is 0 Å². The van der Waals surface area contributed by atoms with Crippen LogP contribution in [0, 0.1) is 29.6 Å². The maximum Gasteiger partial charge on any atom is 0.0447 e. The Labute approximate surface area is 128 Å². The van der Waals surface area contributed by atoms with Gasteiger partial charge in [-0.05, 0) is 80.9 Å². The van der Waals surface area contributed by atoms with E-state index in [1.807, 2.05) is 12.3 Å². The van der Waals surface area contributed by atoms with E-state index in [9.17, 15) is 0 Å². The molecule has 0 saturated heterocycles. The molecule has 1 aromatic rings. The largest absolute Gasteiger partial charge is 0.316 e. The fourth-order valence-electron chi connectivity index (χ4n) is 6.16. The fraction of sp³-hybridized carbons (Fsp3) is 0.737. The van der Waals surface area contributed by atoms with Crippen LogP contribution in [0.3, 0.4) is 0 Å². The average Bonchev–Trinajstić information content (AvgIpc) is 2.50. The van der Waals surface area contributed by atoms with Crippen LogP contribution in [0.1, 0.15) is 50.6 Å². The van der Waals surface area contributed by atoms with Crippen LogP contribution in [0.4, 0.5) is 0 Å². The molecule has 0 aliphatic heterocycles. The quantitative estimate of drug-likeness (QED) is 0.908. The summed E-state index contributed by atoms with van der Waals surface area (Å²) in [7, 11) is 2.16. The Hall–Kier alpha value is -0.890. The van der Waals surface area contributed by atoms with Crippen LogP contribution >= 0.6 is 0 Å². The van der Waals surface area contributed by atoms with E-state index in [-0.39, 0.29) is 0 Å². The summed E-state index contributed by atoms with van der Waals surface area (Å²) in [6.07, 6.45) is 9.50. The number of pyridine rings is 1. The van der Waals surface area contributed by atoms with Crippen LogP contribution in [0.25, 0.3) is 0 Å². The minimum atomic E-state index is 0.513. The van der Waals surface area contributed by atoms with Gasteiger partial charge in [0, 0.05) is 23.9 Å². The van der Waals surface area contributed by atoms with Crippen molar-refractivity contribution in [1.82, 2.24) is 10.3 Å².